The monoisotopic (exact) mass is 282 g/mol. The van der Waals surface area contributed by atoms with Crippen LogP contribution in [0.2, 0.25) is 0 Å². The summed E-state index contributed by atoms with van der Waals surface area (Å²) in [7, 11) is 0. The molecule has 0 saturated heterocycles. The number of nitrogen functional groups attached to an aromatic ring is 1. The fourth-order valence-electron chi connectivity index (χ4n) is 3.11. The quantitative estimate of drug-likeness (QED) is 0.851. The number of hydrogen-bond acceptors (Lipinski definition) is 3. The number of fused-ring (bicyclic) bond motifs is 1. The van der Waals surface area contributed by atoms with Crippen molar-refractivity contribution >= 4 is 5.69 Å². The van der Waals surface area contributed by atoms with Crippen LogP contribution in [0.3, 0.4) is 0 Å². The molecular formula is C18H22N2O. The Bertz CT molecular complexity index is 622. The lowest BCUT2D eigenvalue weighted by Crippen LogP contribution is -2.39. The lowest BCUT2D eigenvalue weighted by Gasteiger charge is -2.34. The van der Waals surface area contributed by atoms with Crippen LogP contribution < -0.4 is 5.73 Å². The van der Waals surface area contributed by atoms with Gasteiger partial charge in [0.2, 0.25) is 0 Å². The number of phenolic OH excluding ortho intramolecular Hbond substituents is 1. The van der Waals surface area contributed by atoms with E-state index in [1.807, 2.05) is 24.3 Å². The van der Waals surface area contributed by atoms with E-state index in [4.69, 9.17) is 5.73 Å². The molecule has 1 heterocycles. The van der Waals surface area contributed by atoms with Crippen molar-refractivity contribution in [2.45, 2.75) is 32.4 Å². The predicted molar refractivity (Wildman–Crippen MR) is 86.2 cm³/mol. The van der Waals surface area contributed by atoms with Crippen LogP contribution in [0.4, 0.5) is 5.69 Å². The van der Waals surface area contributed by atoms with Crippen molar-refractivity contribution in [1.29, 1.82) is 0 Å². The molecule has 2 aromatic carbocycles. The Morgan fingerprint density at radius 3 is 2.71 bits per heavy atom. The molecule has 0 amide bonds. The number of aromatic hydroxyl groups is 1. The molecule has 1 unspecified atom stereocenters. The van der Waals surface area contributed by atoms with Crippen LogP contribution in [-0.4, -0.2) is 22.6 Å². The topological polar surface area (TPSA) is 49.5 Å². The van der Waals surface area contributed by atoms with E-state index in [1.165, 1.54) is 16.7 Å². The van der Waals surface area contributed by atoms with E-state index in [0.29, 0.717) is 11.8 Å². The maximum Gasteiger partial charge on any atom is 0.115 e. The Balaban J connectivity index is 1.70. The van der Waals surface area contributed by atoms with E-state index in [2.05, 4.69) is 17.9 Å². The van der Waals surface area contributed by atoms with Gasteiger partial charge in [-0.25, -0.2) is 0 Å². The third-order valence-electron chi connectivity index (χ3n) is 4.43. The number of phenols is 1. The Morgan fingerprint density at radius 1 is 1.19 bits per heavy atom. The first kappa shape index (κ1) is 14.0. The highest BCUT2D eigenvalue weighted by atomic mass is 16.3. The van der Waals surface area contributed by atoms with E-state index >= 15 is 0 Å². The molecule has 3 heteroatoms. The largest absolute Gasteiger partial charge is 0.508 e. The summed E-state index contributed by atoms with van der Waals surface area (Å²) in [6.45, 7) is 4.27. The van der Waals surface area contributed by atoms with Crippen molar-refractivity contribution in [3.05, 3.63) is 59.2 Å². The van der Waals surface area contributed by atoms with Gasteiger partial charge in [-0.15, -0.1) is 0 Å². The SMILES string of the molecule is CC(Cc1ccc(O)cc1)N1CCc2cccc(N)c2C1. The molecule has 0 aromatic heterocycles. The van der Waals surface area contributed by atoms with Crippen molar-refractivity contribution in [3.8, 4) is 5.75 Å². The van der Waals surface area contributed by atoms with Gasteiger partial charge in [0, 0.05) is 24.8 Å². The maximum atomic E-state index is 9.35. The summed E-state index contributed by atoms with van der Waals surface area (Å²) in [5, 5.41) is 9.35. The maximum absolute atomic E-state index is 9.35. The minimum Gasteiger partial charge on any atom is -0.508 e. The van der Waals surface area contributed by atoms with E-state index < -0.39 is 0 Å². The van der Waals surface area contributed by atoms with Gasteiger partial charge in [0.25, 0.3) is 0 Å². The van der Waals surface area contributed by atoms with Crippen LogP contribution in [0.1, 0.15) is 23.6 Å². The minimum absolute atomic E-state index is 0.325. The second-order valence-corrected chi connectivity index (χ2v) is 5.92. The average Bonchev–Trinajstić information content (AvgIpc) is 2.50. The molecule has 0 spiro atoms. The third-order valence-corrected chi connectivity index (χ3v) is 4.43. The number of hydrogen-bond donors (Lipinski definition) is 2. The minimum atomic E-state index is 0.325. The van der Waals surface area contributed by atoms with Crippen molar-refractivity contribution in [1.82, 2.24) is 4.90 Å². The summed E-state index contributed by atoms with van der Waals surface area (Å²) >= 11 is 0. The summed E-state index contributed by atoms with van der Waals surface area (Å²) in [5.74, 6) is 0.325. The van der Waals surface area contributed by atoms with E-state index in [0.717, 1.165) is 31.6 Å². The average molecular weight is 282 g/mol. The Morgan fingerprint density at radius 2 is 1.95 bits per heavy atom. The Labute approximate surface area is 126 Å². The van der Waals surface area contributed by atoms with Crippen molar-refractivity contribution < 1.29 is 5.11 Å². The van der Waals surface area contributed by atoms with E-state index in [9.17, 15) is 5.11 Å². The van der Waals surface area contributed by atoms with Gasteiger partial charge in [-0.1, -0.05) is 24.3 Å². The van der Waals surface area contributed by atoms with Gasteiger partial charge in [-0.2, -0.15) is 0 Å². The molecular weight excluding hydrogens is 260 g/mol. The molecule has 0 fully saturated rings. The lowest BCUT2D eigenvalue weighted by atomic mass is 9.96. The molecule has 110 valence electrons. The van der Waals surface area contributed by atoms with Gasteiger partial charge in [0.05, 0.1) is 0 Å². The van der Waals surface area contributed by atoms with Crippen LogP contribution in [-0.2, 0) is 19.4 Å². The van der Waals surface area contributed by atoms with Gasteiger partial charge in [-0.3, -0.25) is 4.90 Å². The molecule has 0 saturated carbocycles. The van der Waals surface area contributed by atoms with E-state index in [-0.39, 0.29) is 0 Å². The predicted octanol–water partition coefficient (Wildman–Crippen LogP) is 2.96. The van der Waals surface area contributed by atoms with Crippen molar-refractivity contribution in [2.24, 2.45) is 0 Å². The fourth-order valence-corrected chi connectivity index (χ4v) is 3.11. The first-order valence-corrected chi connectivity index (χ1v) is 7.51. The van der Waals surface area contributed by atoms with Crippen LogP contribution in [0.25, 0.3) is 0 Å². The van der Waals surface area contributed by atoms with Gasteiger partial charge < -0.3 is 10.8 Å². The van der Waals surface area contributed by atoms with Gasteiger partial charge in [-0.05, 0) is 54.7 Å². The van der Waals surface area contributed by atoms with Gasteiger partial charge in [0.1, 0.15) is 5.75 Å². The van der Waals surface area contributed by atoms with Crippen LogP contribution in [0.15, 0.2) is 42.5 Å². The highest BCUT2D eigenvalue weighted by Gasteiger charge is 2.22. The molecule has 0 aliphatic carbocycles. The second-order valence-electron chi connectivity index (χ2n) is 5.92. The number of nitrogens with zero attached hydrogens (tertiary/aromatic N) is 1. The molecule has 2 aromatic rings. The second kappa shape index (κ2) is 5.78. The van der Waals surface area contributed by atoms with Gasteiger partial charge in [0.15, 0.2) is 0 Å². The zero-order chi connectivity index (χ0) is 14.8. The number of nitrogens with two attached hydrogens (primary N) is 1. The molecule has 1 aliphatic heterocycles. The normalized spacial score (nSPS) is 16.4. The van der Waals surface area contributed by atoms with Crippen molar-refractivity contribution in [3.63, 3.8) is 0 Å². The molecule has 3 rings (SSSR count). The Hall–Kier alpha value is -2.00. The number of anilines is 1. The molecule has 1 aliphatic rings. The Kier molecular flexibility index (Phi) is 3.84. The standard InChI is InChI=1S/C18H22N2O/c1-13(11-14-5-7-16(21)8-6-14)20-10-9-15-3-2-4-18(19)17(15)12-20/h2-8,13,21H,9-12,19H2,1H3. The lowest BCUT2D eigenvalue weighted by molar-refractivity contribution is 0.190. The van der Waals surface area contributed by atoms with Crippen LogP contribution in [0.5, 0.6) is 5.75 Å². The van der Waals surface area contributed by atoms with Gasteiger partial charge >= 0.3 is 0 Å². The molecule has 3 N–H and O–H groups in total. The fraction of sp³-hybridized carbons (Fsp3) is 0.333. The summed E-state index contributed by atoms with van der Waals surface area (Å²) in [6.07, 6.45) is 2.06. The van der Waals surface area contributed by atoms with Crippen LogP contribution >= 0.6 is 0 Å². The highest BCUT2D eigenvalue weighted by molar-refractivity contribution is 5.51. The zero-order valence-electron chi connectivity index (χ0n) is 12.4. The summed E-state index contributed by atoms with van der Waals surface area (Å²) in [4.78, 5) is 2.49. The van der Waals surface area contributed by atoms with E-state index in [1.54, 1.807) is 12.1 Å². The highest BCUT2D eigenvalue weighted by Crippen LogP contribution is 2.26. The summed E-state index contributed by atoms with van der Waals surface area (Å²) in [6, 6.07) is 14.2. The first-order chi connectivity index (χ1) is 10.1. The smallest absolute Gasteiger partial charge is 0.115 e. The van der Waals surface area contributed by atoms with Crippen LogP contribution in [0, 0.1) is 0 Å². The molecule has 0 radical (unpaired) electrons. The zero-order valence-corrected chi connectivity index (χ0v) is 12.4. The molecule has 1 atom stereocenters. The summed E-state index contributed by atoms with van der Waals surface area (Å²) in [5.41, 5.74) is 11.0. The third kappa shape index (κ3) is 3.03. The van der Waals surface area contributed by atoms with Crippen molar-refractivity contribution in [2.75, 3.05) is 12.3 Å². The molecule has 0 bridgehead atoms. The molecule has 21 heavy (non-hydrogen) atoms. The summed E-state index contributed by atoms with van der Waals surface area (Å²) < 4.78 is 0. The number of rotatable bonds is 3. The number of benzene rings is 2. The molecule has 3 nitrogen and oxygen atoms in total. The first-order valence-electron chi connectivity index (χ1n) is 7.51.